The molecule has 28 heavy (non-hydrogen) atoms. The highest BCUT2D eigenvalue weighted by Crippen LogP contribution is 2.40. The number of esters is 1. The van der Waals surface area contributed by atoms with Gasteiger partial charge in [-0.15, -0.1) is 0 Å². The Morgan fingerprint density at radius 3 is 2.57 bits per heavy atom. The molecule has 6 heteroatoms. The number of rotatable bonds is 5. The third kappa shape index (κ3) is 3.67. The van der Waals surface area contributed by atoms with Crippen LogP contribution in [0.1, 0.15) is 43.7 Å². The van der Waals surface area contributed by atoms with Crippen molar-refractivity contribution >= 4 is 23.1 Å². The van der Waals surface area contributed by atoms with Crippen LogP contribution >= 0.6 is 0 Å². The molecule has 0 unspecified atom stereocenters. The minimum Gasteiger partial charge on any atom is -0.494 e. The first kappa shape index (κ1) is 19.7. The van der Waals surface area contributed by atoms with Crippen molar-refractivity contribution in [3.05, 3.63) is 53.9 Å². The molecule has 0 fully saturated rings. The highest BCUT2D eigenvalue weighted by Gasteiger charge is 2.36. The quantitative estimate of drug-likeness (QED) is 0.738. The maximum atomic E-state index is 13.0. The molecule has 6 nitrogen and oxygen atoms in total. The van der Waals surface area contributed by atoms with Crippen molar-refractivity contribution < 1.29 is 19.1 Å². The number of benzene rings is 1. The predicted octanol–water partition coefficient (Wildman–Crippen LogP) is 3.81. The van der Waals surface area contributed by atoms with Crippen molar-refractivity contribution in [2.45, 2.75) is 33.2 Å². The third-order valence-corrected chi connectivity index (χ3v) is 4.82. The number of amides is 1. The second kappa shape index (κ2) is 7.54. The summed E-state index contributed by atoms with van der Waals surface area (Å²) in [5, 5.41) is 0. The maximum Gasteiger partial charge on any atom is 0.355 e. The SMILES string of the molecule is CCOc1ccc2c(c1)C(C)=CC(C)(C)N2C(=O)COC(=O)c1cccn1C. The number of carbonyl (C=O) groups is 2. The predicted molar refractivity (Wildman–Crippen MR) is 109 cm³/mol. The lowest BCUT2D eigenvalue weighted by Gasteiger charge is -2.41. The van der Waals surface area contributed by atoms with Crippen LogP contribution in [0, 0.1) is 0 Å². The molecule has 0 saturated heterocycles. The summed E-state index contributed by atoms with van der Waals surface area (Å²) in [5.74, 6) is -0.0349. The molecule has 1 aromatic carbocycles. The first-order valence-corrected chi connectivity index (χ1v) is 9.33. The molecule has 1 aliphatic heterocycles. The van der Waals surface area contributed by atoms with Crippen molar-refractivity contribution in [3.8, 4) is 5.75 Å². The minimum atomic E-state index is -0.543. The van der Waals surface area contributed by atoms with E-state index in [1.54, 1.807) is 34.8 Å². The zero-order valence-corrected chi connectivity index (χ0v) is 17.0. The Morgan fingerprint density at radius 1 is 1.18 bits per heavy atom. The van der Waals surface area contributed by atoms with E-state index in [9.17, 15) is 9.59 Å². The highest BCUT2D eigenvalue weighted by molar-refractivity contribution is 6.02. The number of fused-ring (bicyclic) bond motifs is 1. The Balaban J connectivity index is 1.85. The van der Waals surface area contributed by atoms with Gasteiger partial charge in [0.2, 0.25) is 0 Å². The Hall–Kier alpha value is -3.02. The molecule has 0 saturated carbocycles. The lowest BCUT2D eigenvalue weighted by molar-refractivity contribution is -0.122. The zero-order valence-electron chi connectivity index (χ0n) is 17.0. The van der Waals surface area contributed by atoms with E-state index in [1.165, 1.54) is 0 Å². The minimum absolute atomic E-state index is 0.276. The lowest BCUT2D eigenvalue weighted by atomic mass is 9.88. The fourth-order valence-corrected chi connectivity index (χ4v) is 3.66. The number of ether oxygens (including phenoxy) is 2. The van der Waals surface area contributed by atoms with Gasteiger partial charge in [0, 0.05) is 18.8 Å². The van der Waals surface area contributed by atoms with E-state index in [1.807, 2.05) is 52.0 Å². The van der Waals surface area contributed by atoms with E-state index in [2.05, 4.69) is 0 Å². The highest BCUT2D eigenvalue weighted by atomic mass is 16.5. The van der Waals surface area contributed by atoms with Gasteiger partial charge in [0.25, 0.3) is 5.91 Å². The molecular weight excluding hydrogens is 356 g/mol. The van der Waals surface area contributed by atoms with Gasteiger partial charge in [0.1, 0.15) is 11.4 Å². The van der Waals surface area contributed by atoms with E-state index in [0.717, 1.165) is 22.6 Å². The van der Waals surface area contributed by atoms with Crippen molar-refractivity contribution in [1.82, 2.24) is 4.57 Å². The summed E-state index contributed by atoms with van der Waals surface area (Å²) in [4.78, 5) is 27.0. The first-order chi connectivity index (χ1) is 13.2. The van der Waals surface area contributed by atoms with Crippen LogP contribution in [0.15, 0.2) is 42.6 Å². The van der Waals surface area contributed by atoms with Crippen LogP contribution < -0.4 is 9.64 Å². The first-order valence-electron chi connectivity index (χ1n) is 9.33. The molecule has 2 heterocycles. The second-order valence-electron chi connectivity index (χ2n) is 7.40. The number of hydrogen-bond acceptors (Lipinski definition) is 4. The Morgan fingerprint density at radius 2 is 1.93 bits per heavy atom. The molecule has 0 radical (unpaired) electrons. The van der Waals surface area contributed by atoms with Gasteiger partial charge in [-0.3, -0.25) is 9.69 Å². The fraction of sp³-hybridized carbons (Fsp3) is 0.364. The molecule has 2 aromatic rings. The third-order valence-electron chi connectivity index (χ3n) is 4.82. The Bertz CT molecular complexity index is 940. The van der Waals surface area contributed by atoms with Crippen LogP contribution in [-0.4, -0.2) is 35.2 Å². The van der Waals surface area contributed by atoms with E-state index >= 15 is 0 Å². The number of hydrogen-bond donors (Lipinski definition) is 0. The zero-order chi connectivity index (χ0) is 20.5. The topological polar surface area (TPSA) is 60.8 Å². The van der Waals surface area contributed by atoms with Gasteiger partial charge in [-0.05, 0) is 63.6 Å². The number of allylic oxidation sites excluding steroid dienone is 1. The van der Waals surface area contributed by atoms with Gasteiger partial charge < -0.3 is 14.0 Å². The van der Waals surface area contributed by atoms with Crippen molar-refractivity contribution in [2.75, 3.05) is 18.1 Å². The molecule has 1 amide bonds. The van der Waals surface area contributed by atoms with Gasteiger partial charge in [0.15, 0.2) is 6.61 Å². The van der Waals surface area contributed by atoms with Gasteiger partial charge in [-0.25, -0.2) is 4.79 Å². The Labute approximate surface area is 165 Å². The van der Waals surface area contributed by atoms with Crippen LogP contribution in [0.5, 0.6) is 5.75 Å². The summed E-state index contributed by atoms with van der Waals surface area (Å²) in [6.07, 6.45) is 3.80. The van der Waals surface area contributed by atoms with Crippen LogP contribution in [0.3, 0.4) is 0 Å². The average molecular weight is 382 g/mol. The number of aryl methyl sites for hydroxylation is 1. The van der Waals surface area contributed by atoms with Crippen LogP contribution in [0.25, 0.3) is 5.57 Å². The molecule has 1 aromatic heterocycles. The number of anilines is 1. The normalized spacial score (nSPS) is 14.9. The standard InChI is InChI=1S/C22H26N2O4/c1-6-27-16-9-10-18-17(12-16)15(2)13-22(3,4)24(18)20(25)14-28-21(26)19-8-7-11-23(19)5/h7-13H,6,14H2,1-5H3. The van der Waals surface area contributed by atoms with Crippen LogP contribution in [0.4, 0.5) is 5.69 Å². The average Bonchev–Trinajstić information content (AvgIpc) is 3.06. The van der Waals surface area contributed by atoms with Crippen LogP contribution in [-0.2, 0) is 16.6 Å². The Kier molecular flexibility index (Phi) is 5.31. The molecular formula is C22H26N2O4. The summed E-state index contributed by atoms with van der Waals surface area (Å²) < 4.78 is 12.5. The van der Waals surface area contributed by atoms with Gasteiger partial charge in [-0.1, -0.05) is 6.08 Å². The van der Waals surface area contributed by atoms with Gasteiger partial charge >= 0.3 is 5.97 Å². The van der Waals surface area contributed by atoms with Crippen molar-refractivity contribution in [2.24, 2.45) is 7.05 Å². The largest absolute Gasteiger partial charge is 0.494 e. The summed E-state index contributed by atoms with van der Waals surface area (Å²) in [5.41, 5.74) is 2.66. The molecule has 0 atom stereocenters. The summed E-state index contributed by atoms with van der Waals surface area (Å²) in [6.45, 7) is 8.13. The van der Waals surface area contributed by atoms with Crippen molar-refractivity contribution in [1.29, 1.82) is 0 Å². The van der Waals surface area contributed by atoms with E-state index in [-0.39, 0.29) is 12.5 Å². The molecule has 148 valence electrons. The summed E-state index contributed by atoms with van der Waals surface area (Å²) >= 11 is 0. The number of nitrogens with zero attached hydrogens (tertiary/aromatic N) is 2. The number of aromatic nitrogens is 1. The molecule has 0 spiro atoms. The van der Waals surface area contributed by atoms with Crippen LogP contribution in [0.2, 0.25) is 0 Å². The second-order valence-corrected chi connectivity index (χ2v) is 7.40. The molecule has 0 bridgehead atoms. The molecule has 0 aliphatic carbocycles. The molecule has 1 aliphatic rings. The van der Waals surface area contributed by atoms with Gasteiger partial charge in [0.05, 0.1) is 17.8 Å². The smallest absolute Gasteiger partial charge is 0.355 e. The maximum absolute atomic E-state index is 13.0. The number of carbonyl (C=O) groups excluding carboxylic acids is 2. The summed E-state index contributed by atoms with van der Waals surface area (Å²) in [7, 11) is 1.76. The van der Waals surface area contributed by atoms with Gasteiger partial charge in [-0.2, -0.15) is 0 Å². The molecule has 0 N–H and O–H groups in total. The molecule has 3 rings (SSSR count). The summed E-state index contributed by atoms with van der Waals surface area (Å²) in [6, 6.07) is 9.10. The van der Waals surface area contributed by atoms with E-state index < -0.39 is 11.5 Å². The van der Waals surface area contributed by atoms with E-state index in [4.69, 9.17) is 9.47 Å². The van der Waals surface area contributed by atoms with E-state index in [0.29, 0.717) is 12.3 Å². The lowest BCUT2D eigenvalue weighted by Crippen LogP contribution is -2.50. The van der Waals surface area contributed by atoms with Crippen molar-refractivity contribution in [3.63, 3.8) is 0 Å². The monoisotopic (exact) mass is 382 g/mol. The fourth-order valence-electron chi connectivity index (χ4n) is 3.66.